The van der Waals surface area contributed by atoms with Crippen molar-refractivity contribution in [2.24, 2.45) is 53.1 Å². The van der Waals surface area contributed by atoms with E-state index in [1.54, 1.807) is 6.92 Å². The molecule has 0 aromatic heterocycles. The largest absolute Gasteiger partial charge is 0.508 e. The monoisotopic (exact) mass is 1720 g/mol. The fourth-order valence-corrected chi connectivity index (χ4v) is 19.8. The third-order valence-electron chi connectivity index (χ3n) is 25.6. The standard InChI is InChI=1S/C89H110Cl2N6O24/c1-7-9-10-11-12-13-14-69(105)93-70(106)33-51-30-61(102)75(96-84(112)44(8-2)21-40(3)4)77(107)46-16-19-64(57(90)28-46)117-66-31-50-32-67(81(66)121-88-82(80(110)79(109)68(39-98)119-88)120-71-38-89(6,92)83(111)41(5)116-71)118-65-20-17-47(29-58(65)91)78(108)76-87(115)95-74(63(104)36-53-48-23-42-22-43(25-48)26-49(53)24-42)56-34-52(99)35-60(101)72(56)55-27-45(15-18-59(55)100)54(86(114)97-76)37-62(103)73(50)94-85(51)113/h15-20,27-29,31-32,34-35,40-44,48-49,51,53-54,68,71,73-80,82-83,88,98-101,107-111H,7-14,21-26,30,33,36-39,92H2,1-6H3,(H,94,113)(H,95,115)(H,96,112)(H,97,114)(H,93,105,106)/t41-,42?,43?,44+,48?,49?,51-,53?,54+,68+,71-,73+,74-,75-,76+,77+,78-,79+,80-,82+,83+,88-,89-/m0/s1. The summed E-state index contributed by atoms with van der Waals surface area (Å²) in [4.78, 5) is 139. The zero-order valence-electron chi connectivity index (χ0n) is 68.4. The lowest BCUT2D eigenvalue weighted by molar-refractivity contribution is -0.333. The van der Waals surface area contributed by atoms with Crippen molar-refractivity contribution in [2.75, 3.05) is 6.61 Å². The number of carbonyl (C=O) groups excluding carboxylic acids is 9. The number of unbranched alkanes of at least 4 members (excludes halogenated alkanes) is 5. The molecule has 30 nitrogen and oxygen atoms in total. The van der Waals surface area contributed by atoms with Gasteiger partial charge in [0.25, 0.3) is 0 Å². The number of ether oxygens (including phenoxy) is 6. The first-order valence-electron chi connectivity index (χ1n) is 42.2. The lowest BCUT2D eigenvalue weighted by atomic mass is 9.51. The zero-order valence-corrected chi connectivity index (χ0v) is 69.9. The van der Waals surface area contributed by atoms with Crippen LogP contribution in [0.2, 0.25) is 10.0 Å². The molecule has 4 aliphatic carbocycles. The maximum absolute atomic E-state index is 16.7. The van der Waals surface area contributed by atoms with Crippen LogP contribution < -0.4 is 46.5 Å². The van der Waals surface area contributed by atoms with Gasteiger partial charge in [0.15, 0.2) is 41.2 Å². The number of phenols is 3. The van der Waals surface area contributed by atoms with Gasteiger partial charge in [0.2, 0.25) is 47.5 Å². The topological polar surface area (TPSA) is 477 Å². The first-order chi connectivity index (χ1) is 57.6. The van der Waals surface area contributed by atoms with Crippen LogP contribution in [0.25, 0.3) is 11.1 Å². The molecule has 6 amide bonds. The van der Waals surface area contributed by atoms with Gasteiger partial charge in [-0.2, -0.15) is 0 Å². The Balaban J connectivity index is 1.01. The molecule has 11 aliphatic rings. The molecule has 15 bridgehead atoms. The lowest BCUT2D eigenvalue weighted by Gasteiger charge is -2.54. The average Bonchev–Trinajstić information content (AvgIpc) is 0.761. The highest BCUT2D eigenvalue weighted by Crippen LogP contribution is 2.59. The highest BCUT2D eigenvalue weighted by Gasteiger charge is 2.53. The first kappa shape index (κ1) is 89.9. The zero-order chi connectivity index (χ0) is 86.9. The number of rotatable bonds is 22. The van der Waals surface area contributed by atoms with E-state index in [2.05, 4.69) is 33.5 Å². The van der Waals surface area contributed by atoms with Crippen molar-refractivity contribution in [3.05, 3.63) is 117 Å². The highest BCUT2D eigenvalue weighted by atomic mass is 35.5. The summed E-state index contributed by atoms with van der Waals surface area (Å²) in [6.07, 6.45) is -10.6. The summed E-state index contributed by atoms with van der Waals surface area (Å²) in [7, 11) is 0. The van der Waals surface area contributed by atoms with E-state index in [0.29, 0.717) is 31.1 Å². The minimum Gasteiger partial charge on any atom is -0.508 e. The normalized spacial score (nSPS) is 31.2. The van der Waals surface area contributed by atoms with Crippen molar-refractivity contribution in [1.82, 2.24) is 26.6 Å². The second kappa shape index (κ2) is 38.1. The number of nitrogens with two attached hydrogens (primary N) is 1. The summed E-state index contributed by atoms with van der Waals surface area (Å²) in [5, 5.41) is 120. The van der Waals surface area contributed by atoms with E-state index in [4.69, 9.17) is 57.4 Å². The third kappa shape index (κ3) is 20.0. The lowest BCUT2D eigenvalue weighted by Crippen LogP contribution is -2.64. The number of nitrogens with one attached hydrogen (secondary N) is 5. The summed E-state index contributed by atoms with van der Waals surface area (Å²) >= 11 is 14.6. The Labute approximate surface area is 710 Å². The van der Waals surface area contributed by atoms with E-state index in [9.17, 15) is 60.3 Å². The summed E-state index contributed by atoms with van der Waals surface area (Å²) in [5.41, 5.74) is 3.67. The molecule has 32 heteroatoms. The van der Waals surface area contributed by atoms with Gasteiger partial charge < -0.3 is 101 Å². The smallest absolute Gasteiger partial charge is 0.246 e. The molecule has 5 aromatic rings. The van der Waals surface area contributed by atoms with E-state index in [-0.39, 0.29) is 110 Å². The van der Waals surface area contributed by atoms with Crippen LogP contribution in [0.5, 0.6) is 46.0 Å². The molecule has 7 aliphatic heterocycles. The van der Waals surface area contributed by atoms with Crippen molar-refractivity contribution < 1.29 is 118 Å². The third-order valence-corrected chi connectivity index (χ3v) is 26.2. The number of halogens is 2. The molecule has 121 heavy (non-hydrogen) atoms. The SMILES string of the molecule is CCCCCCCCC(=O)NC(=O)C[C@@H]1CC(=O)[C@H](NC(=O)[C@H](CC)CC(C)C)[C@H](O)c2ccc(c(Cl)c2)Oc2cc3cc(c2O[C@@H]2O[C@H](CO)[C@@H](O)[C@H](O)[C@H]2O[C@H]2C[C@](C)(N)[C@H](O)[C@H](C)O2)Oc2ccc(cc2Cl)[C@H](O)[C@H]2NC(=O)[C@H](CC(=O)[C@@H]3NC1=O)c1ccc(O)c(c1)-c1c(O)cc(O)cc1[C@@H](C(=O)CC1C3CC4CC(C3)CC1C4)NC2=O. The molecular weight excluding hydrogens is 1610 g/mol. The minimum absolute atomic E-state index is 0.0332. The molecule has 654 valence electrons. The number of aliphatic hydroxyl groups excluding tert-OH is 6. The molecule has 18 atom stereocenters. The van der Waals surface area contributed by atoms with E-state index in [0.717, 1.165) is 88.1 Å². The van der Waals surface area contributed by atoms with E-state index in [1.807, 2.05) is 13.8 Å². The average molecular weight is 1720 g/mol. The van der Waals surface area contributed by atoms with Gasteiger partial charge in [-0.05, 0) is 183 Å². The van der Waals surface area contributed by atoms with Crippen molar-refractivity contribution in [3.8, 4) is 57.1 Å². The van der Waals surface area contributed by atoms with Crippen LogP contribution in [0.4, 0.5) is 0 Å². The number of ketones is 3. The Morgan fingerprint density at radius 2 is 1.31 bits per heavy atom. The quantitative estimate of drug-likeness (QED) is 0.0287. The predicted octanol–water partition coefficient (Wildman–Crippen LogP) is 9.38. The summed E-state index contributed by atoms with van der Waals surface area (Å²) in [5.74, 6) is -16.3. The number of benzene rings is 5. The summed E-state index contributed by atoms with van der Waals surface area (Å²) < 4.78 is 39.2. The Kier molecular flexibility index (Phi) is 28.3. The molecule has 2 saturated heterocycles. The Bertz CT molecular complexity index is 4710. The molecule has 0 radical (unpaired) electrons. The van der Waals surface area contributed by atoms with Gasteiger partial charge in [-0.25, -0.2) is 0 Å². The van der Waals surface area contributed by atoms with Crippen molar-refractivity contribution >= 4 is 76.0 Å². The van der Waals surface area contributed by atoms with Gasteiger partial charge in [-0.1, -0.05) is 101 Å². The highest BCUT2D eigenvalue weighted by molar-refractivity contribution is 6.32. The second-order valence-corrected chi connectivity index (χ2v) is 35.8. The molecule has 6 fully saturated rings. The maximum atomic E-state index is 16.7. The van der Waals surface area contributed by atoms with Gasteiger partial charge in [0.1, 0.15) is 83.4 Å². The summed E-state index contributed by atoms with van der Waals surface area (Å²) in [6, 6.07) is 7.38. The van der Waals surface area contributed by atoms with Crippen molar-refractivity contribution in [1.29, 1.82) is 0 Å². The number of aliphatic hydroxyl groups is 6. The molecular formula is C89H110Cl2N6O24. The second-order valence-electron chi connectivity index (χ2n) is 35.0. The van der Waals surface area contributed by atoms with E-state index in [1.165, 1.54) is 62.4 Å². The van der Waals surface area contributed by atoms with Gasteiger partial charge in [-0.15, -0.1) is 0 Å². The van der Waals surface area contributed by atoms with Crippen molar-refractivity contribution in [3.63, 3.8) is 0 Å². The summed E-state index contributed by atoms with van der Waals surface area (Å²) in [6.45, 7) is 9.69. The van der Waals surface area contributed by atoms with Crippen molar-refractivity contribution in [2.45, 2.75) is 261 Å². The molecule has 16 rings (SSSR count). The van der Waals surface area contributed by atoms with E-state index < -0.39 is 222 Å². The van der Waals surface area contributed by atoms with Crippen LogP contribution >= 0.6 is 23.2 Å². The number of amides is 6. The number of aromatic hydroxyl groups is 3. The molecule has 7 heterocycles. The number of hydrogen-bond donors (Lipinski definition) is 15. The van der Waals surface area contributed by atoms with Gasteiger partial charge in [-0.3, -0.25) is 48.5 Å². The van der Waals surface area contributed by atoms with Crippen LogP contribution in [0.3, 0.4) is 0 Å². The Morgan fingerprint density at radius 3 is 1.93 bits per heavy atom. The number of carbonyl (C=O) groups is 9. The molecule has 16 N–H and O–H groups in total. The Hall–Kier alpha value is -8.89. The molecule has 0 spiro atoms. The van der Waals surface area contributed by atoms with Crippen LogP contribution in [0.15, 0.2) is 78.9 Å². The van der Waals surface area contributed by atoms with Crippen LogP contribution in [-0.4, -0.2) is 172 Å². The fourth-order valence-electron chi connectivity index (χ4n) is 19.3. The van der Waals surface area contributed by atoms with Crippen LogP contribution in [0, 0.1) is 47.3 Å². The van der Waals surface area contributed by atoms with Gasteiger partial charge >= 0.3 is 0 Å². The predicted molar refractivity (Wildman–Crippen MR) is 437 cm³/mol. The minimum atomic E-state index is -2.21. The van der Waals surface area contributed by atoms with E-state index >= 15 is 28.8 Å². The fraction of sp³-hybridized carbons (Fsp3) is 0.562. The van der Waals surface area contributed by atoms with Crippen LogP contribution in [-0.2, 0) is 57.4 Å². The van der Waals surface area contributed by atoms with Gasteiger partial charge in [0, 0.05) is 67.2 Å². The van der Waals surface area contributed by atoms with Crippen LogP contribution in [0.1, 0.15) is 222 Å². The molecule has 5 aromatic carbocycles. The van der Waals surface area contributed by atoms with Gasteiger partial charge in [0.05, 0.1) is 40.7 Å². The maximum Gasteiger partial charge on any atom is 0.246 e. The molecule has 0 unspecified atom stereocenters. The number of hydrogen-bond acceptors (Lipinski definition) is 25. The Morgan fingerprint density at radius 1 is 0.669 bits per heavy atom. The first-order valence-corrected chi connectivity index (χ1v) is 42.9. The number of phenolic OH excluding ortho intramolecular Hbond substituents is 3. The number of Topliss-reactive ketones (excluding diaryl/α,β-unsaturated/α-hetero) is 3. The molecule has 4 saturated carbocycles. The number of imide groups is 1. The number of fused-ring (bicyclic) bond motifs is 15.